The second-order valence-electron chi connectivity index (χ2n) is 34.4. The second kappa shape index (κ2) is 30.3. The third-order valence-corrected chi connectivity index (χ3v) is 20.4. The molecule has 10 aromatic carbocycles. The molecule has 0 aliphatic heterocycles. The third kappa shape index (κ3) is 16.4. The number of hydrogen-bond donors (Lipinski definition) is 2. The van der Waals surface area contributed by atoms with E-state index in [4.69, 9.17) is 28.4 Å². The fourth-order valence-corrected chi connectivity index (χ4v) is 14.1. The highest BCUT2D eigenvalue weighted by Crippen LogP contribution is 2.45. The molecule has 0 aliphatic carbocycles. The predicted octanol–water partition coefficient (Wildman–Crippen LogP) is 23.6. The standard InChI is InChI=1S/C94H114N6O6/c1-89(2,3)65-45-71-83(101-19)72(46-65)96-74-48-67(91(7,8)9)50-76(85(74)103-21)98(58-62-39-31-26-32-40-62)78-52-69(93(13,14)15)54-80(87(78)105-23)100(60-64-43-35-28-36-44-64)82-56-70(94(16,17)18)55-81(88(82)106-24)99(59-63-41-33-27-34-42-63)79-53-68(92(10,11)12)51-77(86(79)104-22)97(57-61-37-29-25-30-38-61)75-49-66(90(4,5)6)47-73(95-71)84(75)102-20/h25-56,95-96H,57-60H2,1-24H3. The fraction of sp³-hybridized carbons (Fsp3) is 0.362. The maximum atomic E-state index is 7.25. The summed E-state index contributed by atoms with van der Waals surface area (Å²) in [5.74, 6) is 3.82. The van der Waals surface area contributed by atoms with Crippen LogP contribution in [-0.4, -0.2) is 70.9 Å². The summed E-state index contributed by atoms with van der Waals surface area (Å²) in [5, 5.41) is 0. The van der Waals surface area contributed by atoms with Crippen LogP contribution in [0.4, 0.5) is 0 Å². The first-order chi connectivity index (χ1) is 50.1. The predicted molar refractivity (Wildman–Crippen MR) is 445 cm³/mol. The Morgan fingerprint density at radius 1 is 0.217 bits per heavy atom. The van der Waals surface area contributed by atoms with Gasteiger partial charge in [0.1, 0.15) is 0 Å². The molecule has 0 saturated carbocycles. The number of methoxy groups -OCH3 is 6. The van der Waals surface area contributed by atoms with Crippen molar-refractivity contribution >= 4 is 66.2 Å². The summed E-state index contributed by atoms with van der Waals surface area (Å²) in [5.41, 5.74) is 18.3. The van der Waals surface area contributed by atoms with E-state index in [-0.39, 0.29) is 16.2 Å². The van der Waals surface area contributed by atoms with Crippen LogP contribution in [0.2, 0.25) is 0 Å². The lowest BCUT2D eigenvalue weighted by molar-refractivity contribution is 0.413. The van der Waals surface area contributed by atoms with E-state index in [9.17, 15) is 0 Å². The highest BCUT2D eigenvalue weighted by atomic mass is 16.5. The zero-order valence-electron chi connectivity index (χ0n) is 67.5. The molecular weight excluding hydrogens is 1310 g/mol. The van der Waals surface area contributed by atoms with Crippen LogP contribution in [0.1, 0.15) is 180 Å². The van der Waals surface area contributed by atoms with Crippen LogP contribution in [0.25, 0.3) is 66.2 Å². The van der Waals surface area contributed by atoms with Gasteiger partial charge in [-0.1, -0.05) is 246 Å². The first-order valence-corrected chi connectivity index (χ1v) is 37.2. The molecule has 0 atom stereocenters. The molecule has 11 rings (SSSR count). The molecule has 0 amide bonds. The monoisotopic (exact) mass is 1420 g/mol. The molecule has 12 bridgehead atoms. The number of rotatable bonds is 14. The van der Waals surface area contributed by atoms with Crippen LogP contribution in [0.3, 0.4) is 0 Å². The van der Waals surface area contributed by atoms with Crippen molar-refractivity contribution in [3.8, 4) is 34.5 Å². The van der Waals surface area contributed by atoms with Crippen molar-refractivity contribution in [2.75, 3.05) is 42.7 Å². The lowest BCUT2D eigenvalue weighted by atomic mass is 9.86. The van der Waals surface area contributed by atoms with Gasteiger partial charge in [0.25, 0.3) is 0 Å². The number of H-pyrrole nitrogens is 2. The lowest BCUT2D eigenvalue weighted by Gasteiger charge is -2.27. The molecule has 1 aromatic heterocycles. The maximum Gasteiger partial charge on any atom is 0.166 e. The van der Waals surface area contributed by atoms with E-state index >= 15 is 0 Å². The minimum Gasteiger partial charge on any atom is -0.492 e. The van der Waals surface area contributed by atoms with Crippen LogP contribution >= 0.6 is 0 Å². The molecule has 0 fully saturated rings. The van der Waals surface area contributed by atoms with E-state index in [0.29, 0.717) is 60.7 Å². The average Bonchev–Trinajstić information content (AvgIpc) is 0.749. The number of nitrogens with one attached hydrogen (secondary N) is 2. The summed E-state index contributed by atoms with van der Waals surface area (Å²) < 4.78 is 52.1. The van der Waals surface area contributed by atoms with Gasteiger partial charge in [0.05, 0.1) is 109 Å². The molecule has 2 N–H and O–H groups in total. The molecule has 0 aliphatic rings. The topological polar surface area (TPSA) is 107 Å². The number of aromatic nitrogens is 6. The molecule has 11 aromatic rings. The SMILES string of the molecule is COc1c2cc(C(C)(C)C)cc1[nH]c1cc(C(C)(C)C)cc(c1OC)n(Cc1ccccc1)c1cc(C(C)(C)C)cc(c1OC)n(Cc1ccccc1)c1cc(C(C)(C)C)cc(c1OC)n(Cc1ccccc1)c1cc(C(C)(C)C)cc(c1OC)n(Cc1ccccc1)c1cc(C(C)(C)C)cc([nH]2)c1OC. The van der Waals surface area contributed by atoms with Gasteiger partial charge < -0.3 is 56.7 Å². The van der Waals surface area contributed by atoms with Crippen molar-refractivity contribution in [1.82, 2.24) is 28.2 Å². The summed E-state index contributed by atoms with van der Waals surface area (Å²) in [6.07, 6.45) is 0. The number of hydrogen-bond acceptors (Lipinski definition) is 6. The first-order valence-electron chi connectivity index (χ1n) is 37.2. The van der Waals surface area contributed by atoms with Crippen molar-refractivity contribution in [3.63, 3.8) is 0 Å². The van der Waals surface area contributed by atoms with E-state index in [2.05, 4.69) is 347 Å². The average molecular weight is 1420 g/mol. The van der Waals surface area contributed by atoms with Crippen molar-refractivity contribution in [2.24, 2.45) is 0 Å². The molecule has 0 saturated heterocycles. The Kier molecular flexibility index (Phi) is 22.0. The van der Waals surface area contributed by atoms with Crippen LogP contribution in [0.5, 0.6) is 34.5 Å². The fourth-order valence-electron chi connectivity index (χ4n) is 14.1. The maximum absolute atomic E-state index is 7.25. The first kappa shape index (κ1) is 76.9. The Labute approximate surface area is 629 Å². The number of benzene rings is 10. The summed E-state index contributed by atoms with van der Waals surface area (Å²) in [6, 6.07) is 70.5. The molecule has 0 radical (unpaired) electrons. The Bertz CT molecular complexity index is 5040. The summed E-state index contributed by atoms with van der Waals surface area (Å²) >= 11 is 0. The Balaban J connectivity index is 1.62. The van der Waals surface area contributed by atoms with E-state index in [1.807, 2.05) is 21.3 Å². The van der Waals surface area contributed by atoms with Gasteiger partial charge in [0, 0.05) is 26.2 Å². The van der Waals surface area contributed by atoms with Gasteiger partial charge in [-0.15, -0.1) is 0 Å². The Morgan fingerprint density at radius 2 is 0.377 bits per heavy atom. The highest BCUT2D eigenvalue weighted by Gasteiger charge is 2.29. The minimum absolute atomic E-state index is 0.341. The van der Waals surface area contributed by atoms with Gasteiger partial charge in [-0.25, -0.2) is 0 Å². The number of fused-ring (bicyclic) bond motifs is 12. The summed E-state index contributed by atoms with van der Waals surface area (Å²) in [6.45, 7) is 42.7. The van der Waals surface area contributed by atoms with E-state index in [1.165, 1.54) is 0 Å². The molecule has 556 valence electrons. The molecule has 12 heteroatoms. The summed E-state index contributed by atoms with van der Waals surface area (Å²) in [7, 11) is 10.7. The normalized spacial score (nSPS) is 12.3. The van der Waals surface area contributed by atoms with Gasteiger partial charge >= 0.3 is 0 Å². The van der Waals surface area contributed by atoms with E-state index < -0.39 is 16.2 Å². The van der Waals surface area contributed by atoms with Crippen LogP contribution in [-0.2, 0) is 58.7 Å². The zero-order chi connectivity index (χ0) is 76.6. The lowest BCUT2D eigenvalue weighted by Crippen LogP contribution is -2.16. The Hall–Kier alpha value is -10.2. The van der Waals surface area contributed by atoms with Gasteiger partial charge in [-0.05, 0) is 161 Å². The van der Waals surface area contributed by atoms with Crippen LogP contribution in [0.15, 0.2) is 194 Å². The molecular formula is C94H114N6O6. The van der Waals surface area contributed by atoms with Gasteiger partial charge in [0.15, 0.2) is 34.5 Å². The van der Waals surface area contributed by atoms with Gasteiger partial charge in [0.2, 0.25) is 0 Å². The third-order valence-electron chi connectivity index (χ3n) is 20.4. The van der Waals surface area contributed by atoms with Crippen molar-refractivity contribution in [1.29, 1.82) is 0 Å². The van der Waals surface area contributed by atoms with E-state index in [0.717, 1.165) is 122 Å². The van der Waals surface area contributed by atoms with Gasteiger partial charge in [-0.2, -0.15) is 0 Å². The largest absolute Gasteiger partial charge is 0.492 e. The number of aromatic amines is 2. The molecule has 0 unspecified atom stereocenters. The highest BCUT2D eigenvalue weighted by molar-refractivity contribution is 5.91. The molecule has 1 heterocycles. The quantitative estimate of drug-likeness (QED) is 0.112. The van der Waals surface area contributed by atoms with Crippen molar-refractivity contribution in [2.45, 2.75) is 183 Å². The van der Waals surface area contributed by atoms with Gasteiger partial charge in [-0.3, -0.25) is 0 Å². The molecule has 0 spiro atoms. The number of ether oxygens (including phenoxy) is 6. The summed E-state index contributed by atoms with van der Waals surface area (Å²) in [4.78, 5) is 8.10. The second-order valence-corrected chi connectivity index (χ2v) is 34.4. The van der Waals surface area contributed by atoms with Crippen LogP contribution in [0, 0.1) is 0 Å². The Morgan fingerprint density at radius 3 is 0.557 bits per heavy atom. The molecule has 12 nitrogen and oxygen atoms in total. The van der Waals surface area contributed by atoms with Crippen LogP contribution < -0.4 is 28.4 Å². The van der Waals surface area contributed by atoms with E-state index in [1.54, 1.807) is 21.3 Å². The molecule has 106 heavy (non-hydrogen) atoms. The zero-order valence-corrected chi connectivity index (χ0v) is 67.5. The van der Waals surface area contributed by atoms with Crippen molar-refractivity contribution < 1.29 is 28.4 Å². The smallest absolute Gasteiger partial charge is 0.166 e. The number of nitrogens with zero attached hydrogens (tertiary/aromatic N) is 4. The minimum atomic E-state index is -0.404. The van der Waals surface area contributed by atoms with Crippen molar-refractivity contribution in [3.05, 3.63) is 250 Å².